The largest absolute Gasteiger partial charge is 0.455 e. The van der Waals surface area contributed by atoms with Crippen LogP contribution in [0.3, 0.4) is 0 Å². The van der Waals surface area contributed by atoms with Crippen molar-refractivity contribution in [2.24, 2.45) is 0 Å². The zero-order valence-electron chi connectivity index (χ0n) is 9.84. The van der Waals surface area contributed by atoms with Gasteiger partial charge in [0.25, 0.3) is 0 Å². The fourth-order valence-electron chi connectivity index (χ4n) is 1.49. The second-order valence-electron chi connectivity index (χ2n) is 3.93. The minimum atomic E-state index is -4.52. The Labute approximate surface area is 110 Å². The van der Waals surface area contributed by atoms with Crippen LogP contribution >= 0.6 is 0 Å². The second kappa shape index (κ2) is 4.99. The highest BCUT2D eigenvalue weighted by molar-refractivity contribution is 5.56. The van der Waals surface area contributed by atoms with E-state index in [1.54, 1.807) is 0 Å². The van der Waals surface area contributed by atoms with Gasteiger partial charge in [-0.3, -0.25) is 0 Å². The first-order chi connectivity index (χ1) is 9.27. The first kappa shape index (κ1) is 14.1. The molecule has 2 nitrogen and oxygen atoms in total. The van der Waals surface area contributed by atoms with Crippen LogP contribution in [-0.2, 0) is 6.18 Å². The summed E-state index contributed by atoms with van der Waals surface area (Å²) in [7, 11) is 0. The summed E-state index contributed by atoms with van der Waals surface area (Å²) in [6.45, 7) is 0. The third-order valence-electron chi connectivity index (χ3n) is 2.46. The molecule has 2 aromatic rings. The molecule has 0 fully saturated rings. The van der Waals surface area contributed by atoms with Gasteiger partial charge in [-0.25, -0.2) is 8.78 Å². The molecule has 0 atom stereocenters. The van der Waals surface area contributed by atoms with E-state index in [-0.39, 0.29) is 17.2 Å². The lowest BCUT2D eigenvalue weighted by Gasteiger charge is -2.12. The Kier molecular flexibility index (Phi) is 3.52. The fourth-order valence-corrected chi connectivity index (χ4v) is 1.49. The normalized spacial score (nSPS) is 11.4. The van der Waals surface area contributed by atoms with Crippen molar-refractivity contribution in [3.63, 3.8) is 0 Å². The molecular formula is C13H8F5NO. The van der Waals surface area contributed by atoms with Crippen LogP contribution in [0.2, 0.25) is 0 Å². The number of nitrogen functional groups attached to an aromatic ring is 1. The molecule has 0 aliphatic carbocycles. The summed E-state index contributed by atoms with van der Waals surface area (Å²) in [5.41, 5.74) is 4.26. The predicted octanol–water partition coefficient (Wildman–Crippen LogP) is 4.36. The summed E-state index contributed by atoms with van der Waals surface area (Å²) in [5, 5.41) is 0. The number of halogens is 5. The van der Waals surface area contributed by atoms with Crippen molar-refractivity contribution in [2.75, 3.05) is 5.73 Å². The van der Waals surface area contributed by atoms with E-state index >= 15 is 0 Å². The van der Waals surface area contributed by atoms with Gasteiger partial charge in [-0.05, 0) is 30.3 Å². The maximum absolute atomic E-state index is 13.0. The Morgan fingerprint density at radius 2 is 1.60 bits per heavy atom. The lowest BCUT2D eigenvalue weighted by atomic mass is 10.2. The summed E-state index contributed by atoms with van der Waals surface area (Å²) in [4.78, 5) is 0. The van der Waals surface area contributed by atoms with Crippen molar-refractivity contribution in [3.8, 4) is 11.5 Å². The van der Waals surface area contributed by atoms with Gasteiger partial charge in [-0.15, -0.1) is 0 Å². The highest BCUT2D eigenvalue weighted by atomic mass is 19.4. The third-order valence-corrected chi connectivity index (χ3v) is 2.46. The molecule has 106 valence electrons. The Morgan fingerprint density at radius 1 is 0.900 bits per heavy atom. The maximum Gasteiger partial charge on any atom is 0.416 e. The molecule has 20 heavy (non-hydrogen) atoms. The first-order valence-electron chi connectivity index (χ1n) is 5.37. The summed E-state index contributed by atoms with van der Waals surface area (Å²) < 4.78 is 68.1. The second-order valence-corrected chi connectivity index (χ2v) is 3.93. The minimum absolute atomic E-state index is 0.0737. The van der Waals surface area contributed by atoms with Crippen LogP contribution in [0.25, 0.3) is 0 Å². The monoisotopic (exact) mass is 289 g/mol. The molecule has 2 rings (SSSR count). The van der Waals surface area contributed by atoms with Gasteiger partial charge in [0.1, 0.15) is 11.5 Å². The number of rotatable bonds is 2. The van der Waals surface area contributed by atoms with E-state index in [4.69, 9.17) is 10.5 Å². The van der Waals surface area contributed by atoms with E-state index in [2.05, 4.69) is 0 Å². The molecule has 0 saturated heterocycles. The predicted molar refractivity (Wildman–Crippen MR) is 62.3 cm³/mol. The molecule has 0 spiro atoms. The van der Waals surface area contributed by atoms with Crippen molar-refractivity contribution in [3.05, 3.63) is 53.6 Å². The van der Waals surface area contributed by atoms with Crippen LogP contribution in [0, 0.1) is 11.6 Å². The molecule has 2 N–H and O–H groups in total. The molecule has 0 aliphatic rings. The van der Waals surface area contributed by atoms with Crippen molar-refractivity contribution in [1.29, 1.82) is 0 Å². The van der Waals surface area contributed by atoms with E-state index in [0.29, 0.717) is 6.07 Å². The zero-order chi connectivity index (χ0) is 14.9. The van der Waals surface area contributed by atoms with Crippen LogP contribution in [0.5, 0.6) is 11.5 Å². The van der Waals surface area contributed by atoms with Crippen LogP contribution in [0.4, 0.5) is 27.6 Å². The molecule has 0 aromatic heterocycles. The standard InChI is InChI=1S/C13H8F5NO/c14-9-3-2-8(6-10(9)15)20-12-4-1-7(5-11(12)19)13(16,17)18/h1-6H,19H2. The van der Waals surface area contributed by atoms with Crippen LogP contribution < -0.4 is 10.5 Å². The number of alkyl halides is 3. The Hall–Kier alpha value is -2.31. The Balaban J connectivity index is 2.28. The molecule has 0 saturated carbocycles. The third kappa shape index (κ3) is 2.98. The lowest BCUT2D eigenvalue weighted by molar-refractivity contribution is -0.137. The van der Waals surface area contributed by atoms with Crippen LogP contribution in [0.15, 0.2) is 36.4 Å². The van der Waals surface area contributed by atoms with Crippen molar-refractivity contribution in [1.82, 2.24) is 0 Å². The molecule has 0 radical (unpaired) electrons. The smallest absolute Gasteiger partial charge is 0.416 e. The fraction of sp³-hybridized carbons (Fsp3) is 0.0769. The number of hydrogen-bond acceptors (Lipinski definition) is 2. The van der Waals surface area contributed by atoms with Gasteiger partial charge in [-0.2, -0.15) is 13.2 Å². The quantitative estimate of drug-likeness (QED) is 0.658. The molecule has 7 heteroatoms. The number of benzene rings is 2. The number of anilines is 1. The molecule has 2 aromatic carbocycles. The molecule has 0 bridgehead atoms. The Bertz CT molecular complexity index is 639. The van der Waals surface area contributed by atoms with E-state index in [1.165, 1.54) is 0 Å². The molecular weight excluding hydrogens is 281 g/mol. The number of ether oxygens (including phenoxy) is 1. The summed E-state index contributed by atoms with van der Waals surface area (Å²) in [6, 6.07) is 5.24. The van der Waals surface area contributed by atoms with Gasteiger partial charge < -0.3 is 10.5 Å². The van der Waals surface area contributed by atoms with Crippen LogP contribution in [0.1, 0.15) is 5.56 Å². The summed E-state index contributed by atoms with van der Waals surface area (Å²) in [5.74, 6) is -2.34. The van der Waals surface area contributed by atoms with Gasteiger partial charge in [0, 0.05) is 6.07 Å². The molecule has 0 heterocycles. The topological polar surface area (TPSA) is 35.2 Å². The van der Waals surface area contributed by atoms with E-state index in [1.807, 2.05) is 0 Å². The van der Waals surface area contributed by atoms with Gasteiger partial charge in [-0.1, -0.05) is 0 Å². The number of nitrogens with two attached hydrogens (primary N) is 1. The van der Waals surface area contributed by atoms with Gasteiger partial charge in [0.15, 0.2) is 11.6 Å². The summed E-state index contributed by atoms with van der Waals surface area (Å²) in [6.07, 6.45) is -4.52. The number of hydrogen-bond donors (Lipinski definition) is 1. The first-order valence-corrected chi connectivity index (χ1v) is 5.37. The maximum atomic E-state index is 13.0. The SMILES string of the molecule is Nc1cc(C(F)(F)F)ccc1Oc1ccc(F)c(F)c1. The van der Waals surface area contributed by atoms with Crippen molar-refractivity contribution in [2.45, 2.75) is 6.18 Å². The molecule has 0 unspecified atom stereocenters. The van der Waals surface area contributed by atoms with Crippen molar-refractivity contribution >= 4 is 5.69 Å². The molecule has 0 aliphatic heterocycles. The van der Waals surface area contributed by atoms with Gasteiger partial charge >= 0.3 is 6.18 Å². The highest BCUT2D eigenvalue weighted by Crippen LogP contribution is 2.35. The lowest BCUT2D eigenvalue weighted by Crippen LogP contribution is -2.06. The highest BCUT2D eigenvalue weighted by Gasteiger charge is 2.31. The summed E-state index contributed by atoms with van der Waals surface area (Å²) >= 11 is 0. The minimum Gasteiger partial charge on any atom is -0.455 e. The zero-order valence-corrected chi connectivity index (χ0v) is 9.84. The average molecular weight is 289 g/mol. The van der Waals surface area contributed by atoms with Crippen molar-refractivity contribution < 1.29 is 26.7 Å². The van der Waals surface area contributed by atoms with E-state index < -0.39 is 23.4 Å². The van der Waals surface area contributed by atoms with Crippen LogP contribution in [-0.4, -0.2) is 0 Å². The van der Waals surface area contributed by atoms with Gasteiger partial charge in [0.2, 0.25) is 0 Å². The van der Waals surface area contributed by atoms with Gasteiger partial charge in [0.05, 0.1) is 11.3 Å². The molecule has 0 amide bonds. The average Bonchev–Trinajstić information content (AvgIpc) is 2.35. The van der Waals surface area contributed by atoms with E-state index in [9.17, 15) is 22.0 Å². The van der Waals surface area contributed by atoms with E-state index in [0.717, 1.165) is 30.3 Å². The Morgan fingerprint density at radius 3 is 2.15 bits per heavy atom.